The second-order valence-electron chi connectivity index (χ2n) is 5.72. The van der Waals surface area contributed by atoms with Crippen molar-refractivity contribution in [2.75, 3.05) is 0 Å². The van der Waals surface area contributed by atoms with Crippen LogP contribution in [0.2, 0.25) is 0 Å². The van der Waals surface area contributed by atoms with E-state index in [4.69, 9.17) is 0 Å². The zero-order valence-corrected chi connectivity index (χ0v) is 12.8. The van der Waals surface area contributed by atoms with E-state index in [0.717, 1.165) is 38.7 Å². The minimum Gasteiger partial charge on any atom is -0.294 e. The summed E-state index contributed by atoms with van der Waals surface area (Å²) in [5.74, 6) is 0.586. The molecule has 1 aliphatic rings. The molecule has 0 aliphatic heterocycles. The highest BCUT2D eigenvalue weighted by Crippen LogP contribution is 2.32. The number of Topliss-reactive ketones (excluding diaryl/α,β-unsaturated/α-hetero) is 1. The molecule has 1 aliphatic carbocycles. The van der Waals surface area contributed by atoms with Gasteiger partial charge in [-0.05, 0) is 31.4 Å². The molecular weight excluding hydrogens is 282 g/mol. The quantitative estimate of drug-likeness (QED) is 0.690. The van der Waals surface area contributed by atoms with Crippen molar-refractivity contribution in [1.29, 1.82) is 0 Å². The molecule has 0 bridgehead atoms. The fourth-order valence-corrected chi connectivity index (χ4v) is 4.00. The van der Waals surface area contributed by atoms with Crippen LogP contribution >= 0.6 is 11.3 Å². The van der Waals surface area contributed by atoms with Crippen LogP contribution in [0.5, 0.6) is 0 Å². The Morgan fingerprint density at radius 1 is 1.29 bits per heavy atom. The predicted molar refractivity (Wildman–Crippen MR) is 83.3 cm³/mol. The molecule has 1 atom stereocenters. The van der Waals surface area contributed by atoms with Gasteiger partial charge >= 0.3 is 0 Å². The second-order valence-corrected chi connectivity index (χ2v) is 6.73. The van der Waals surface area contributed by atoms with E-state index < -0.39 is 0 Å². The summed E-state index contributed by atoms with van der Waals surface area (Å²) < 4.78 is 3.02. The van der Waals surface area contributed by atoms with Crippen molar-refractivity contribution in [2.45, 2.75) is 26.7 Å². The van der Waals surface area contributed by atoms with E-state index in [1.165, 1.54) is 0 Å². The summed E-state index contributed by atoms with van der Waals surface area (Å²) in [5, 5.41) is 5.44. The molecule has 21 heavy (non-hydrogen) atoms. The van der Waals surface area contributed by atoms with Crippen molar-refractivity contribution in [3.63, 3.8) is 0 Å². The van der Waals surface area contributed by atoms with Crippen LogP contribution in [0.3, 0.4) is 0 Å². The number of thiazole rings is 1. The molecule has 3 aromatic rings. The van der Waals surface area contributed by atoms with Crippen LogP contribution in [-0.2, 0) is 6.42 Å². The molecule has 0 spiro atoms. The highest BCUT2D eigenvalue weighted by molar-refractivity contribution is 7.20. The number of hydrogen-bond donors (Lipinski definition) is 0. The normalized spacial score (nSPS) is 18.2. The fraction of sp³-hybridized carbons (Fsp3) is 0.312. The number of benzene rings is 1. The van der Waals surface area contributed by atoms with Gasteiger partial charge in [0.1, 0.15) is 0 Å². The van der Waals surface area contributed by atoms with E-state index in [1.807, 2.05) is 29.8 Å². The highest BCUT2D eigenvalue weighted by atomic mass is 32.1. The Morgan fingerprint density at radius 3 is 2.90 bits per heavy atom. The predicted octanol–water partition coefficient (Wildman–Crippen LogP) is 3.56. The average Bonchev–Trinajstić information content (AvgIpc) is 2.99. The molecule has 0 amide bonds. The molecule has 1 aromatic carbocycles. The van der Waals surface area contributed by atoms with Crippen LogP contribution in [0.15, 0.2) is 24.3 Å². The number of carbonyl (C=O) groups is 1. The summed E-state index contributed by atoms with van der Waals surface area (Å²) in [6.45, 7) is 4.03. The summed E-state index contributed by atoms with van der Waals surface area (Å²) >= 11 is 1.62. The van der Waals surface area contributed by atoms with Gasteiger partial charge < -0.3 is 0 Å². The number of aryl methyl sites for hydroxylation is 1. The lowest BCUT2D eigenvalue weighted by Crippen LogP contribution is -2.19. The van der Waals surface area contributed by atoms with Crippen LogP contribution in [0.25, 0.3) is 15.3 Å². The van der Waals surface area contributed by atoms with E-state index in [2.05, 4.69) is 23.1 Å². The first-order chi connectivity index (χ1) is 10.1. The van der Waals surface area contributed by atoms with Crippen LogP contribution < -0.4 is 0 Å². The largest absolute Gasteiger partial charge is 0.294 e. The van der Waals surface area contributed by atoms with Crippen LogP contribution in [0, 0.1) is 12.8 Å². The standard InChI is InChI=1S/C16H15N3OS/c1-9-7-12-15(13(20)8-9)10(2)18-19(12)16-17-11-5-3-4-6-14(11)21-16/h3-6,9H,7-8H2,1-2H3/t9-/m0/s1. The zero-order chi connectivity index (χ0) is 14.6. The van der Waals surface area contributed by atoms with Crippen molar-refractivity contribution >= 4 is 27.3 Å². The van der Waals surface area contributed by atoms with Crippen LogP contribution in [-0.4, -0.2) is 20.5 Å². The lowest BCUT2D eigenvalue weighted by molar-refractivity contribution is 0.0952. The molecule has 4 nitrogen and oxygen atoms in total. The third-order valence-corrected chi connectivity index (χ3v) is 4.99. The lowest BCUT2D eigenvalue weighted by Gasteiger charge is -2.18. The van der Waals surface area contributed by atoms with Gasteiger partial charge in [-0.15, -0.1) is 0 Å². The Morgan fingerprint density at radius 2 is 2.10 bits per heavy atom. The van der Waals surface area contributed by atoms with Crippen molar-refractivity contribution in [3.8, 4) is 5.13 Å². The van der Waals surface area contributed by atoms with Gasteiger partial charge in [-0.3, -0.25) is 4.79 Å². The smallest absolute Gasteiger partial charge is 0.211 e. The SMILES string of the molecule is Cc1nn(-c2nc3ccccc3s2)c2c1C(=O)C[C@@H](C)C2. The summed E-state index contributed by atoms with van der Waals surface area (Å²) in [7, 11) is 0. The minimum absolute atomic E-state index is 0.216. The molecule has 0 unspecified atom stereocenters. The van der Waals surface area contributed by atoms with Gasteiger partial charge in [-0.25, -0.2) is 9.67 Å². The topological polar surface area (TPSA) is 47.8 Å². The molecular formula is C16H15N3OS. The van der Waals surface area contributed by atoms with E-state index in [-0.39, 0.29) is 5.78 Å². The van der Waals surface area contributed by atoms with Crippen LogP contribution in [0.1, 0.15) is 35.1 Å². The first-order valence-corrected chi connectivity index (χ1v) is 7.93. The van der Waals surface area contributed by atoms with Gasteiger partial charge in [0, 0.05) is 6.42 Å². The summed E-state index contributed by atoms with van der Waals surface area (Å²) in [5.41, 5.74) is 3.64. The van der Waals surface area contributed by atoms with E-state index in [9.17, 15) is 4.79 Å². The highest BCUT2D eigenvalue weighted by Gasteiger charge is 2.30. The third kappa shape index (κ3) is 1.92. The number of rotatable bonds is 1. The number of hydrogen-bond acceptors (Lipinski definition) is 4. The van der Waals surface area contributed by atoms with E-state index in [0.29, 0.717) is 12.3 Å². The van der Waals surface area contributed by atoms with E-state index in [1.54, 1.807) is 11.3 Å². The van der Waals surface area contributed by atoms with Crippen molar-refractivity contribution in [2.24, 2.45) is 5.92 Å². The molecule has 2 aromatic heterocycles. The maximum absolute atomic E-state index is 12.3. The maximum atomic E-state index is 12.3. The number of carbonyl (C=O) groups excluding carboxylic acids is 1. The fourth-order valence-electron chi connectivity index (χ4n) is 3.06. The van der Waals surface area contributed by atoms with Gasteiger partial charge in [0.15, 0.2) is 5.78 Å². The Balaban J connectivity index is 1.93. The van der Waals surface area contributed by atoms with Gasteiger partial charge in [-0.2, -0.15) is 5.10 Å². The van der Waals surface area contributed by atoms with E-state index >= 15 is 0 Å². The molecule has 5 heteroatoms. The van der Waals surface area contributed by atoms with Gasteiger partial charge in [0.25, 0.3) is 0 Å². The molecule has 0 N–H and O–H groups in total. The van der Waals surface area contributed by atoms with Gasteiger partial charge in [-0.1, -0.05) is 30.4 Å². The number of aromatic nitrogens is 3. The summed E-state index contributed by atoms with van der Waals surface area (Å²) in [6.07, 6.45) is 1.51. The van der Waals surface area contributed by atoms with Gasteiger partial charge in [0.2, 0.25) is 5.13 Å². The van der Waals surface area contributed by atoms with Crippen molar-refractivity contribution < 1.29 is 4.79 Å². The molecule has 4 rings (SSSR count). The average molecular weight is 297 g/mol. The Hall–Kier alpha value is -2.01. The summed E-state index contributed by atoms with van der Waals surface area (Å²) in [6, 6.07) is 8.07. The molecule has 0 fully saturated rings. The monoisotopic (exact) mass is 297 g/mol. The molecule has 0 saturated carbocycles. The Labute approximate surface area is 126 Å². The zero-order valence-electron chi connectivity index (χ0n) is 12.0. The first kappa shape index (κ1) is 12.7. The Kier molecular flexibility index (Phi) is 2.72. The number of para-hydroxylation sites is 1. The molecule has 106 valence electrons. The molecule has 2 heterocycles. The Bertz CT molecular complexity index is 829. The first-order valence-electron chi connectivity index (χ1n) is 7.11. The van der Waals surface area contributed by atoms with Crippen molar-refractivity contribution in [1.82, 2.24) is 14.8 Å². The van der Waals surface area contributed by atoms with Gasteiger partial charge in [0.05, 0.1) is 27.2 Å². The van der Waals surface area contributed by atoms with Crippen molar-refractivity contribution in [3.05, 3.63) is 41.2 Å². The third-order valence-electron chi connectivity index (χ3n) is 3.97. The maximum Gasteiger partial charge on any atom is 0.211 e. The molecule has 0 saturated heterocycles. The summed E-state index contributed by atoms with van der Waals surface area (Å²) in [4.78, 5) is 16.9. The number of nitrogens with zero attached hydrogens (tertiary/aromatic N) is 3. The number of ketones is 1. The minimum atomic E-state index is 0.216. The van der Waals surface area contributed by atoms with Crippen LogP contribution in [0.4, 0.5) is 0 Å². The lowest BCUT2D eigenvalue weighted by atomic mass is 9.87. The number of fused-ring (bicyclic) bond motifs is 2. The molecule has 0 radical (unpaired) electrons. The second kappa shape index (κ2) is 4.49.